The number of nitrogens with zero attached hydrogens (tertiary/aromatic N) is 1. The summed E-state index contributed by atoms with van der Waals surface area (Å²) in [5, 5.41) is 0.858. The Morgan fingerprint density at radius 2 is 2.50 bits per heavy atom. The molecule has 0 saturated heterocycles. The highest BCUT2D eigenvalue weighted by Crippen LogP contribution is 2.23. The molecular formula is C7H9BrN2OS. The molecule has 1 aromatic rings. The molecule has 0 saturated carbocycles. The summed E-state index contributed by atoms with van der Waals surface area (Å²) < 4.78 is 0.848. The van der Waals surface area contributed by atoms with Gasteiger partial charge in [0.1, 0.15) is 0 Å². The second-order valence-electron chi connectivity index (χ2n) is 2.21. The van der Waals surface area contributed by atoms with Crippen molar-refractivity contribution < 1.29 is 0 Å². The van der Waals surface area contributed by atoms with Crippen LogP contribution in [0.1, 0.15) is 13.3 Å². The van der Waals surface area contributed by atoms with E-state index < -0.39 is 0 Å². The third-order valence-electron chi connectivity index (χ3n) is 1.18. The molecule has 0 amide bonds. The lowest BCUT2D eigenvalue weighted by Crippen LogP contribution is -2.09. The van der Waals surface area contributed by atoms with Gasteiger partial charge in [0.2, 0.25) is 0 Å². The fourth-order valence-electron chi connectivity index (χ4n) is 0.672. The molecule has 0 fully saturated rings. The first-order valence-electron chi connectivity index (χ1n) is 3.61. The van der Waals surface area contributed by atoms with Crippen LogP contribution >= 0.6 is 27.7 Å². The van der Waals surface area contributed by atoms with Gasteiger partial charge in [-0.2, -0.15) is 0 Å². The average molecular weight is 249 g/mol. The van der Waals surface area contributed by atoms with Gasteiger partial charge in [-0.3, -0.25) is 4.98 Å². The van der Waals surface area contributed by atoms with Gasteiger partial charge in [0.25, 0.3) is 0 Å². The molecule has 0 bridgehead atoms. The van der Waals surface area contributed by atoms with Gasteiger partial charge in [-0.1, -0.05) is 6.92 Å². The normalized spacial score (nSPS) is 10.2. The number of aromatic amines is 1. The smallest absolute Gasteiger partial charge is 0.299 e. The van der Waals surface area contributed by atoms with Crippen molar-refractivity contribution in [1.82, 2.24) is 9.97 Å². The molecule has 66 valence electrons. The maximum atomic E-state index is 10.8. The summed E-state index contributed by atoms with van der Waals surface area (Å²) in [4.78, 5) is 17.0. The van der Waals surface area contributed by atoms with Gasteiger partial charge in [0.15, 0.2) is 0 Å². The summed E-state index contributed by atoms with van der Waals surface area (Å²) in [6, 6.07) is 0. The molecule has 0 aliphatic heterocycles. The Balaban J connectivity index is 2.82. The maximum Gasteiger partial charge on any atom is 0.345 e. The van der Waals surface area contributed by atoms with Crippen LogP contribution in [0.15, 0.2) is 20.5 Å². The van der Waals surface area contributed by atoms with Gasteiger partial charge in [0, 0.05) is 6.20 Å². The van der Waals surface area contributed by atoms with Gasteiger partial charge in [-0.05, 0) is 28.1 Å². The molecule has 0 spiro atoms. The molecule has 1 rings (SSSR count). The van der Waals surface area contributed by atoms with Crippen LogP contribution in [0.3, 0.4) is 0 Å². The van der Waals surface area contributed by atoms with Crippen LogP contribution in [0.25, 0.3) is 0 Å². The lowest BCUT2D eigenvalue weighted by atomic mass is 10.6. The molecular weight excluding hydrogens is 240 g/mol. The number of hydrogen-bond donors (Lipinski definition) is 1. The van der Waals surface area contributed by atoms with E-state index >= 15 is 0 Å². The zero-order chi connectivity index (χ0) is 8.97. The molecule has 1 heterocycles. The summed E-state index contributed by atoms with van der Waals surface area (Å²) in [5.41, 5.74) is -0.295. The summed E-state index contributed by atoms with van der Waals surface area (Å²) in [6.07, 6.45) is 2.61. The van der Waals surface area contributed by atoms with E-state index in [0.717, 1.165) is 21.7 Å². The van der Waals surface area contributed by atoms with Crippen molar-refractivity contribution in [3.8, 4) is 0 Å². The highest BCUT2D eigenvalue weighted by molar-refractivity contribution is 9.10. The summed E-state index contributed by atoms with van der Waals surface area (Å²) in [6.45, 7) is 2.10. The maximum absolute atomic E-state index is 10.8. The molecule has 1 N–H and O–H groups in total. The fraction of sp³-hybridized carbons (Fsp3) is 0.429. The molecule has 1 aromatic heterocycles. The first kappa shape index (κ1) is 9.80. The van der Waals surface area contributed by atoms with Crippen LogP contribution in [0.2, 0.25) is 0 Å². The molecule has 0 radical (unpaired) electrons. The Morgan fingerprint density at radius 1 is 1.75 bits per heavy atom. The average Bonchev–Trinajstić information content (AvgIpc) is 2.07. The molecule has 3 nitrogen and oxygen atoms in total. The predicted molar refractivity (Wildman–Crippen MR) is 53.6 cm³/mol. The number of nitrogens with one attached hydrogen (secondary N) is 1. The molecule has 0 unspecified atom stereocenters. The minimum absolute atomic E-state index is 0.295. The summed E-state index contributed by atoms with van der Waals surface area (Å²) in [7, 11) is 0. The quantitative estimate of drug-likeness (QED) is 0.658. The van der Waals surface area contributed by atoms with Crippen molar-refractivity contribution in [3.63, 3.8) is 0 Å². The Bertz CT molecular complexity index is 313. The first-order valence-corrected chi connectivity index (χ1v) is 5.39. The van der Waals surface area contributed by atoms with Crippen LogP contribution < -0.4 is 5.69 Å². The van der Waals surface area contributed by atoms with Crippen molar-refractivity contribution in [2.75, 3.05) is 5.75 Å². The van der Waals surface area contributed by atoms with Gasteiger partial charge in [-0.15, -0.1) is 11.8 Å². The van der Waals surface area contributed by atoms with E-state index in [1.165, 1.54) is 6.20 Å². The van der Waals surface area contributed by atoms with Crippen LogP contribution in [0.4, 0.5) is 0 Å². The Labute approximate surface area is 83.1 Å². The highest BCUT2D eigenvalue weighted by atomic mass is 79.9. The minimum Gasteiger partial charge on any atom is -0.299 e. The molecule has 0 aliphatic carbocycles. The molecule has 0 aromatic carbocycles. The van der Waals surface area contributed by atoms with E-state index in [9.17, 15) is 4.79 Å². The van der Waals surface area contributed by atoms with Crippen molar-refractivity contribution >= 4 is 27.7 Å². The molecule has 0 atom stereocenters. The zero-order valence-corrected chi connectivity index (χ0v) is 9.04. The molecule has 12 heavy (non-hydrogen) atoms. The zero-order valence-electron chi connectivity index (χ0n) is 6.63. The number of hydrogen-bond acceptors (Lipinski definition) is 3. The van der Waals surface area contributed by atoms with Gasteiger partial charge in [-0.25, -0.2) is 9.78 Å². The van der Waals surface area contributed by atoms with Crippen molar-refractivity contribution in [3.05, 3.63) is 21.2 Å². The number of rotatable bonds is 3. The monoisotopic (exact) mass is 248 g/mol. The van der Waals surface area contributed by atoms with E-state index in [1.807, 2.05) is 0 Å². The standard InChI is InChI=1S/C7H9BrN2OS/c1-2-3-12-6-5(8)4-9-7(11)10-6/h4H,2-3H2,1H3,(H,9,10,11). The second-order valence-corrected chi connectivity index (χ2v) is 4.17. The lowest BCUT2D eigenvalue weighted by molar-refractivity contribution is 0.958. The van der Waals surface area contributed by atoms with Gasteiger partial charge < -0.3 is 0 Å². The van der Waals surface area contributed by atoms with Gasteiger partial charge in [0.05, 0.1) is 9.50 Å². The topological polar surface area (TPSA) is 45.8 Å². The Kier molecular flexibility index (Phi) is 3.81. The third kappa shape index (κ3) is 2.64. The highest BCUT2D eigenvalue weighted by Gasteiger charge is 2.00. The van der Waals surface area contributed by atoms with Crippen molar-refractivity contribution in [1.29, 1.82) is 0 Å². The molecule has 0 aliphatic rings. The van der Waals surface area contributed by atoms with E-state index in [1.54, 1.807) is 11.8 Å². The van der Waals surface area contributed by atoms with Crippen molar-refractivity contribution in [2.24, 2.45) is 0 Å². The van der Waals surface area contributed by atoms with Crippen LogP contribution in [-0.4, -0.2) is 15.7 Å². The van der Waals surface area contributed by atoms with E-state index in [2.05, 4.69) is 32.8 Å². The largest absolute Gasteiger partial charge is 0.345 e. The Hall–Kier alpha value is -0.290. The fourth-order valence-corrected chi connectivity index (χ4v) is 1.98. The summed E-state index contributed by atoms with van der Waals surface area (Å²) >= 11 is 4.93. The number of halogens is 1. The van der Waals surface area contributed by atoms with Gasteiger partial charge >= 0.3 is 5.69 Å². The van der Waals surface area contributed by atoms with E-state index in [4.69, 9.17) is 0 Å². The number of aromatic nitrogens is 2. The van der Waals surface area contributed by atoms with Crippen LogP contribution in [0, 0.1) is 0 Å². The molecule has 5 heteroatoms. The van der Waals surface area contributed by atoms with E-state index in [0.29, 0.717) is 0 Å². The minimum atomic E-state index is -0.295. The first-order chi connectivity index (χ1) is 5.74. The van der Waals surface area contributed by atoms with E-state index in [-0.39, 0.29) is 5.69 Å². The third-order valence-corrected chi connectivity index (χ3v) is 3.27. The van der Waals surface area contributed by atoms with Crippen molar-refractivity contribution in [2.45, 2.75) is 18.4 Å². The van der Waals surface area contributed by atoms with Crippen LogP contribution in [0.5, 0.6) is 0 Å². The Morgan fingerprint density at radius 3 is 3.17 bits per heavy atom. The lowest BCUT2D eigenvalue weighted by Gasteiger charge is -2.00. The predicted octanol–water partition coefficient (Wildman–Crippen LogP) is 2.03. The van der Waals surface area contributed by atoms with Crippen LogP contribution in [-0.2, 0) is 0 Å². The SMILES string of the molecule is CCCSc1[nH]c(=O)ncc1Br. The second kappa shape index (κ2) is 4.67. The number of H-pyrrole nitrogens is 1. The summed E-state index contributed by atoms with van der Waals surface area (Å²) in [5.74, 6) is 0.999. The number of thioether (sulfide) groups is 1.